The number of aromatic carboxylic acids is 1. The van der Waals surface area contributed by atoms with E-state index in [1.54, 1.807) is 49.4 Å². The molecular weight excluding hydrogens is 396 g/mol. The highest BCUT2D eigenvalue weighted by Crippen LogP contribution is 2.43. The standard InChI is InChI=1S/C21H18O7S/c1-13-7-9-15(10-8-13)29(26,27)28-20-16(11-14-5-3-2-4-6-14)17(21(24)25)12-18(22)19(20)23/h2-10,12,22-23H,11H2,1H3,(H,24,25). The number of carboxylic acid groups (broad SMARTS) is 1. The first kappa shape index (κ1) is 20.2. The second kappa shape index (κ2) is 7.84. The van der Waals surface area contributed by atoms with Crippen LogP contribution in [0.25, 0.3) is 0 Å². The van der Waals surface area contributed by atoms with Gasteiger partial charge in [-0.25, -0.2) is 4.79 Å². The number of carbonyl (C=O) groups is 1. The van der Waals surface area contributed by atoms with Crippen molar-refractivity contribution in [2.24, 2.45) is 0 Å². The van der Waals surface area contributed by atoms with Crippen LogP contribution in [0.15, 0.2) is 65.6 Å². The van der Waals surface area contributed by atoms with Gasteiger partial charge in [0.15, 0.2) is 11.5 Å². The zero-order valence-corrected chi connectivity index (χ0v) is 16.2. The molecule has 3 N–H and O–H groups in total. The zero-order chi connectivity index (χ0) is 21.2. The van der Waals surface area contributed by atoms with Crippen LogP contribution in [0.3, 0.4) is 0 Å². The van der Waals surface area contributed by atoms with Crippen LogP contribution in [0.5, 0.6) is 17.2 Å². The third kappa shape index (κ3) is 4.33. The van der Waals surface area contributed by atoms with Crippen molar-refractivity contribution in [1.29, 1.82) is 0 Å². The fourth-order valence-electron chi connectivity index (χ4n) is 2.79. The minimum Gasteiger partial charge on any atom is -0.504 e. The maximum absolute atomic E-state index is 12.7. The van der Waals surface area contributed by atoms with E-state index in [1.807, 2.05) is 0 Å². The molecule has 3 rings (SSSR count). The van der Waals surface area contributed by atoms with E-state index >= 15 is 0 Å². The number of phenolic OH excluding ortho intramolecular Hbond substituents is 2. The molecule has 0 aliphatic rings. The van der Waals surface area contributed by atoms with E-state index in [2.05, 4.69) is 0 Å². The lowest BCUT2D eigenvalue weighted by molar-refractivity contribution is 0.0695. The Bertz CT molecular complexity index is 1150. The smallest absolute Gasteiger partial charge is 0.339 e. The average Bonchev–Trinajstić information content (AvgIpc) is 2.68. The lowest BCUT2D eigenvalue weighted by atomic mass is 9.97. The number of benzene rings is 3. The molecule has 0 unspecified atom stereocenters. The quantitative estimate of drug-likeness (QED) is 0.417. The Labute approximate surface area is 167 Å². The molecule has 3 aromatic carbocycles. The van der Waals surface area contributed by atoms with Gasteiger partial charge in [-0.15, -0.1) is 0 Å². The summed E-state index contributed by atoms with van der Waals surface area (Å²) in [6, 6.07) is 15.4. The van der Waals surface area contributed by atoms with Crippen molar-refractivity contribution in [3.8, 4) is 17.2 Å². The number of rotatable bonds is 6. The number of aryl methyl sites for hydroxylation is 1. The van der Waals surface area contributed by atoms with Gasteiger partial charge in [0.2, 0.25) is 5.75 Å². The van der Waals surface area contributed by atoms with Crippen molar-refractivity contribution >= 4 is 16.1 Å². The molecule has 0 atom stereocenters. The molecule has 0 spiro atoms. The van der Waals surface area contributed by atoms with Crippen molar-refractivity contribution in [2.45, 2.75) is 18.2 Å². The molecule has 3 aromatic rings. The van der Waals surface area contributed by atoms with Crippen molar-refractivity contribution < 1.29 is 32.7 Å². The fourth-order valence-corrected chi connectivity index (χ4v) is 3.76. The Morgan fingerprint density at radius 2 is 1.62 bits per heavy atom. The summed E-state index contributed by atoms with van der Waals surface area (Å²) < 4.78 is 30.5. The normalized spacial score (nSPS) is 11.2. The van der Waals surface area contributed by atoms with Gasteiger partial charge in [0, 0.05) is 12.0 Å². The molecule has 0 aliphatic heterocycles. The minimum atomic E-state index is -4.39. The van der Waals surface area contributed by atoms with Crippen LogP contribution in [0.4, 0.5) is 0 Å². The number of hydrogen-bond donors (Lipinski definition) is 3. The molecule has 29 heavy (non-hydrogen) atoms. The lowest BCUT2D eigenvalue weighted by Crippen LogP contribution is -2.13. The first-order valence-corrected chi connectivity index (χ1v) is 9.96. The Kier molecular flexibility index (Phi) is 5.47. The van der Waals surface area contributed by atoms with Crippen LogP contribution >= 0.6 is 0 Å². The number of carboxylic acids is 1. The van der Waals surface area contributed by atoms with E-state index in [0.29, 0.717) is 5.56 Å². The van der Waals surface area contributed by atoms with Gasteiger partial charge in [0.25, 0.3) is 0 Å². The molecule has 0 aliphatic carbocycles. The number of aromatic hydroxyl groups is 2. The minimum absolute atomic E-state index is 0.0327. The van der Waals surface area contributed by atoms with Crippen LogP contribution in [-0.4, -0.2) is 29.7 Å². The Morgan fingerprint density at radius 3 is 2.21 bits per heavy atom. The number of phenols is 2. The summed E-state index contributed by atoms with van der Waals surface area (Å²) >= 11 is 0. The van der Waals surface area contributed by atoms with Crippen molar-refractivity contribution in [3.05, 3.63) is 82.9 Å². The lowest BCUT2D eigenvalue weighted by Gasteiger charge is -2.16. The molecule has 150 valence electrons. The van der Waals surface area contributed by atoms with Gasteiger partial charge in [0.1, 0.15) is 4.90 Å². The molecule has 0 saturated heterocycles. The topological polar surface area (TPSA) is 121 Å². The fraction of sp³-hybridized carbons (Fsp3) is 0.0952. The van der Waals surface area contributed by atoms with Crippen LogP contribution in [0.2, 0.25) is 0 Å². The molecule has 8 heteroatoms. The maximum Gasteiger partial charge on any atom is 0.339 e. The zero-order valence-electron chi connectivity index (χ0n) is 15.4. The van der Waals surface area contributed by atoms with Crippen LogP contribution in [0.1, 0.15) is 27.0 Å². The van der Waals surface area contributed by atoms with E-state index in [0.717, 1.165) is 11.6 Å². The first-order valence-electron chi connectivity index (χ1n) is 8.55. The Balaban J connectivity index is 2.15. The van der Waals surface area contributed by atoms with E-state index < -0.39 is 33.3 Å². The largest absolute Gasteiger partial charge is 0.504 e. The second-order valence-corrected chi connectivity index (χ2v) is 7.96. The molecule has 0 bridgehead atoms. The molecule has 0 heterocycles. The number of hydrogen-bond acceptors (Lipinski definition) is 6. The summed E-state index contributed by atoms with van der Waals surface area (Å²) in [6.45, 7) is 1.79. The summed E-state index contributed by atoms with van der Waals surface area (Å²) in [5.41, 5.74) is 1.05. The highest BCUT2D eigenvalue weighted by molar-refractivity contribution is 7.87. The van der Waals surface area contributed by atoms with Gasteiger partial charge in [-0.1, -0.05) is 48.0 Å². The predicted octanol–water partition coefficient (Wildman–Crippen LogP) is 3.46. The summed E-state index contributed by atoms with van der Waals surface area (Å²) in [5.74, 6) is -3.67. The third-order valence-corrected chi connectivity index (χ3v) is 5.53. The monoisotopic (exact) mass is 414 g/mol. The van der Waals surface area contributed by atoms with Gasteiger partial charge in [-0.05, 0) is 30.7 Å². The summed E-state index contributed by atoms with van der Waals surface area (Å²) in [7, 11) is -4.39. The Morgan fingerprint density at radius 1 is 1.00 bits per heavy atom. The second-order valence-electron chi connectivity index (χ2n) is 6.42. The molecular formula is C21H18O7S. The average molecular weight is 414 g/mol. The van der Waals surface area contributed by atoms with E-state index in [1.165, 1.54) is 12.1 Å². The van der Waals surface area contributed by atoms with Crippen molar-refractivity contribution in [2.75, 3.05) is 0 Å². The highest BCUT2D eigenvalue weighted by atomic mass is 32.2. The van der Waals surface area contributed by atoms with Gasteiger partial charge in [-0.3, -0.25) is 0 Å². The molecule has 0 amide bonds. The molecule has 0 radical (unpaired) electrons. The van der Waals surface area contributed by atoms with E-state index in [-0.39, 0.29) is 22.4 Å². The van der Waals surface area contributed by atoms with Crippen LogP contribution in [0, 0.1) is 6.92 Å². The SMILES string of the molecule is Cc1ccc(S(=O)(=O)Oc2c(O)c(O)cc(C(=O)O)c2Cc2ccccc2)cc1. The molecule has 0 fully saturated rings. The Hall–Kier alpha value is -3.52. The van der Waals surface area contributed by atoms with E-state index in [4.69, 9.17) is 4.18 Å². The highest BCUT2D eigenvalue weighted by Gasteiger charge is 2.27. The van der Waals surface area contributed by atoms with Crippen molar-refractivity contribution in [1.82, 2.24) is 0 Å². The molecule has 7 nitrogen and oxygen atoms in total. The maximum atomic E-state index is 12.7. The predicted molar refractivity (Wildman–Crippen MR) is 105 cm³/mol. The molecule has 0 aromatic heterocycles. The first-order chi connectivity index (χ1) is 13.7. The summed E-state index contributed by atoms with van der Waals surface area (Å²) in [4.78, 5) is 11.5. The van der Waals surface area contributed by atoms with E-state index in [9.17, 15) is 28.5 Å². The van der Waals surface area contributed by atoms with Gasteiger partial charge < -0.3 is 19.5 Å². The molecule has 0 saturated carbocycles. The van der Waals surface area contributed by atoms with Crippen molar-refractivity contribution in [3.63, 3.8) is 0 Å². The van der Waals surface area contributed by atoms with Crippen LogP contribution < -0.4 is 4.18 Å². The van der Waals surface area contributed by atoms with Crippen LogP contribution in [-0.2, 0) is 16.5 Å². The third-order valence-electron chi connectivity index (χ3n) is 4.29. The van der Waals surface area contributed by atoms with Gasteiger partial charge in [-0.2, -0.15) is 8.42 Å². The summed E-state index contributed by atoms with van der Waals surface area (Å²) in [5, 5.41) is 29.8. The summed E-state index contributed by atoms with van der Waals surface area (Å²) in [6.07, 6.45) is -0.0327. The van der Waals surface area contributed by atoms with Gasteiger partial charge >= 0.3 is 16.1 Å². The van der Waals surface area contributed by atoms with Gasteiger partial charge in [0.05, 0.1) is 5.56 Å².